The molecule has 176 valence electrons. The first-order valence-electron chi connectivity index (χ1n) is 12.1. The lowest BCUT2D eigenvalue weighted by molar-refractivity contribution is -0.0271. The lowest BCUT2D eigenvalue weighted by Gasteiger charge is -2.32. The van der Waals surface area contributed by atoms with Crippen LogP contribution in [0.25, 0.3) is 11.0 Å². The molecule has 4 aromatic rings. The number of para-hydroxylation sites is 2. The number of hydrogen-bond donors (Lipinski definition) is 2. The van der Waals surface area contributed by atoms with Crippen molar-refractivity contribution in [2.45, 2.75) is 44.3 Å². The van der Waals surface area contributed by atoms with Crippen molar-refractivity contribution in [3.05, 3.63) is 95.3 Å². The van der Waals surface area contributed by atoms with E-state index in [-0.39, 0.29) is 17.3 Å². The molecule has 5 heteroatoms. The summed E-state index contributed by atoms with van der Waals surface area (Å²) in [6.07, 6.45) is 1.55. The average molecular weight is 456 g/mol. The first-order chi connectivity index (χ1) is 16.4. The molecule has 1 aromatic heterocycles. The molecule has 1 aliphatic heterocycles. The van der Waals surface area contributed by atoms with E-state index in [1.54, 1.807) is 6.07 Å². The maximum atomic E-state index is 11.0. The second-order valence-corrected chi connectivity index (χ2v) is 9.92. The number of aromatic nitrogens is 2. The fourth-order valence-corrected chi connectivity index (χ4v) is 4.87. The Kier molecular flexibility index (Phi) is 6.15. The zero-order valence-corrected chi connectivity index (χ0v) is 20.2. The monoisotopic (exact) mass is 455 g/mol. The number of nitrogens with one attached hydrogen (secondary N) is 1. The van der Waals surface area contributed by atoms with Crippen molar-refractivity contribution in [3.8, 4) is 5.75 Å². The van der Waals surface area contributed by atoms with Crippen LogP contribution in [0.5, 0.6) is 5.75 Å². The molecule has 5 nitrogen and oxygen atoms in total. The number of fused-ring (bicyclic) bond motifs is 1. The Morgan fingerprint density at radius 1 is 0.971 bits per heavy atom. The van der Waals surface area contributed by atoms with Gasteiger partial charge in [0.05, 0.1) is 17.1 Å². The van der Waals surface area contributed by atoms with Crippen LogP contribution < -0.4 is 0 Å². The molecule has 0 aliphatic carbocycles. The summed E-state index contributed by atoms with van der Waals surface area (Å²) >= 11 is 0. The van der Waals surface area contributed by atoms with Crippen molar-refractivity contribution in [1.29, 1.82) is 0 Å². The Labute approximate surface area is 201 Å². The third-order valence-corrected chi connectivity index (χ3v) is 7.18. The van der Waals surface area contributed by atoms with Crippen molar-refractivity contribution < 1.29 is 9.84 Å². The Balaban J connectivity index is 1.57. The highest BCUT2D eigenvalue weighted by molar-refractivity contribution is 5.75. The van der Waals surface area contributed by atoms with E-state index in [9.17, 15) is 5.11 Å². The molecule has 5 rings (SSSR count). The number of ether oxygens (including phenoxy) is 1. The van der Waals surface area contributed by atoms with Gasteiger partial charge in [0.2, 0.25) is 0 Å². The molecule has 1 atom stereocenters. The molecule has 2 N–H and O–H groups in total. The molecule has 1 aliphatic rings. The van der Waals surface area contributed by atoms with Crippen LogP contribution in [-0.2, 0) is 10.2 Å². The molecule has 1 unspecified atom stereocenters. The largest absolute Gasteiger partial charge is 0.508 e. The molecule has 0 saturated carbocycles. The van der Waals surface area contributed by atoms with E-state index in [4.69, 9.17) is 9.72 Å². The van der Waals surface area contributed by atoms with Gasteiger partial charge >= 0.3 is 0 Å². The number of imidazole rings is 1. The molecule has 1 fully saturated rings. The maximum Gasteiger partial charge on any atom is 0.144 e. The predicted octanol–water partition coefficient (Wildman–Crippen LogP) is 5.79. The number of piperidine rings is 1. The number of benzene rings is 3. The van der Waals surface area contributed by atoms with Crippen LogP contribution in [0.4, 0.5) is 0 Å². The summed E-state index contributed by atoms with van der Waals surface area (Å²) in [5.41, 5.74) is 4.74. The van der Waals surface area contributed by atoms with Gasteiger partial charge < -0.3 is 19.7 Å². The van der Waals surface area contributed by atoms with E-state index >= 15 is 0 Å². The molecular formula is C29H33N3O2. The van der Waals surface area contributed by atoms with Crippen LogP contribution in [0.2, 0.25) is 0 Å². The third-order valence-electron chi connectivity index (χ3n) is 7.18. The fraction of sp³-hybridized carbons (Fsp3) is 0.345. The van der Waals surface area contributed by atoms with Gasteiger partial charge in [0, 0.05) is 24.1 Å². The lowest BCUT2D eigenvalue weighted by atomic mass is 9.77. The maximum absolute atomic E-state index is 11.0. The highest BCUT2D eigenvalue weighted by atomic mass is 16.5. The van der Waals surface area contributed by atoms with Crippen LogP contribution in [0.15, 0.2) is 72.8 Å². The van der Waals surface area contributed by atoms with Gasteiger partial charge in [-0.2, -0.15) is 0 Å². The minimum atomic E-state index is -0.479. The number of aromatic amines is 1. The summed E-state index contributed by atoms with van der Waals surface area (Å²) in [6.45, 7) is 6.44. The molecule has 1 saturated heterocycles. The van der Waals surface area contributed by atoms with Gasteiger partial charge in [0.15, 0.2) is 0 Å². The minimum absolute atomic E-state index is 0.111. The van der Waals surface area contributed by atoms with E-state index in [2.05, 4.69) is 61.1 Å². The van der Waals surface area contributed by atoms with Gasteiger partial charge in [-0.15, -0.1) is 0 Å². The minimum Gasteiger partial charge on any atom is -0.508 e. The summed E-state index contributed by atoms with van der Waals surface area (Å²) in [7, 11) is 2.15. The first-order valence-corrected chi connectivity index (χ1v) is 12.1. The van der Waals surface area contributed by atoms with E-state index in [0.717, 1.165) is 53.9 Å². The van der Waals surface area contributed by atoms with Crippen LogP contribution in [0, 0.1) is 0 Å². The Morgan fingerprint density at radius 3 is 2.41 bits per heavy atom. The van der Waals surface area contributed by atoms with Crippen molar-refractivity contribution in [2.75, 3.05) is 20.1 Å². The molecule has 2 heterocycles. The second-order valence-electron chi connectivity index (χ2n) is 9.92. The van der Waals surface area contributed by atoms with Crippen LogP contribution in [-0.4, -0.2) is 46.2 Å². The number of phenolic OH excluding ortho intramolecular Hbond substituents is 1. The zero-order chi connectivity index (χ0) is 23.7. The SMILES string of the molecule is CN1CCC(OC(c2nc3ccccc3[nH]2)c2cc(C(C)(C)c3ccccc3)ccc2O)CC1. The van der Waals surface area contributed by atoms with Crippen molar-refractivity contribution in [3.63, 3.8) is 0 Å². The van der Waals surface area contributed by atoms with E-state index in [1.165, 1.54) is 5.56 Å². The van der Waals surface area contributed by atoms with Crippen LogP contribution in [0.1, 0.15) is 55.3 Å². The molecule has 3 aromatic carbocycles. The number of rotatable bonds is 6. The Hall–Kier alpha value is -3.15. The van der Waals surface area contributed by atoms with Gasteiger partial charge in [0.25, 0.3) is 0 Å². The van der Waals surface area contributed by atoms with Crippen molar-refractivity contribution in [2.24, 2.45) is 0 Å². The Morgan fingerprint density at radius 2 is 1.68 bits per heavy atom. The van der Waals surface area contributed by atoms with Gasteiger partial charge in [-0.05, 0) is 55.3 Å². The van der Waals surface area contributed by atoms with Gasteiger partial charge in [0.1, 0.15) is 17.7 Å². The number of H-pyrrole nitrogens is 1. The standard InChI is InChI=1S/C29H33N3O2/c1-29(2,20-9-5-4-6-10-20)21-13-14-26(33)23(19-21)27(34-22-15-17-32(3)18-16-22)28-30-24-11-7-8-12-25(24)31-28/h4-14,19,22,27,33H,15-18H2,1-3H3,(H,30,31). The van der Waals surface area contributed by atoms with Crippen LogP contribution in [0.3, 0.4) is 0 Å². The predicted molar refractivity (Wildman–Crippen MR) is 136 cm³/mol. The van der Waals surface area contributed by atoms with Gasteiger partial charge in [-0.3, -0.25) is 0 Å². The summed E-state index contributed by atoms with van der Waals surface area (Å²) in [4.78, 5) is 10.6. The smallest absolute Gasteiger partial charge is 0.144 e. The van der Waals surface area contributed by atoms with E-state index < -0.39 is 6.10 Å². The van der Waals surface area contributed by atoms with E-state index in [0.29, 0.717) is 0 Å². The van der Waals surface area contributed by atoms with Crippen LogP contribution >= 0.6 is 0 Å². The van der Waals surface area contributed by atoms with Gasteiger partial charge in [-0.25, -0.2) is 4.98 Å². The molecule has 0 bridgehead atoms. The number of hydrogen-bond acceptors (Lipinski definition) is 4. The zero-order valence-electron chi connectivity index (χ0n) is 20.2. The molecule has 0 spiro atoms. The average Bonchev–Trinajstić information content (AvgIpc) is 3.29. The summed E-state index contributed by atoms with van der Waals surface area (Å²) in [5, 5.41) is 11.0. The number of likely N-dealkylation sites (tertiary alicyclic amines) is 1. The summed E-state index contributed by atoms with van der Waals surface area (Å²) in [5.74, 6) is 0.955. The quantitative estimate of drug-likeness (QED) is 0.386. The number of aromatic hydroxyl groups is 1. The lowest BCUT2D eigenvalue weighted by Crippen LogP contribution is -2.35. The van der Waals surface area contributed by atoms with Gasteiger partial charge in [-0.1, -0.05) is 62.4 Å². The second kappa shape index (κ2) is 9.24. The number of nitrogens with zero attached hydrogens (tertiary/aromatic N) is 2. The topological polar surface area (TPSA) is 61.4 Å². The van der Waals surface area contributed by atoms with E-state index in [1.807, 2.05) is 36.4 Å². The molecule has 0 radical (unpaired) electrons. The normalized spacial score (nSPS) is 16.7. The van der Waals surface area contributed by atoms with Crippen molar-refractivity contribution in [1.82, 2.24) is 14.9 Å². The Bertz CT molecular complexity index is 1220. The van der Waals surface area contributed by atoms with Crippen molar-refractivity contribution >= 4 is 11.0 Å². The summed E-state index contributed by atoms with van der Waals surface area (Å²) < 4.78 is 6.72. The fourth-order valence-electron chi connectivity index (χ4n) is 4.87. The third kappa shape index (κ3) is 4.46. The summed E-state index contributed by atoms with van der Waals surface area (Å²) in [6, 6.07) is 24.4. The molecular weight excluding hydrogens is 422 g/mol. The number of phenols is 1. The first kappa shape index (κ1) is 22.6. The molecule has 34 heavy (non-hydrogen) atoms. The highest BCUT2D eigenvalue weighted by Gasteiger charge is 2.30. The molecule has 0 amide bonds. The highest BCUT2D eigenvalue weighted by Crippen LogP contribution is 2.39.